The predicted molar refractivity (Wildman–Crippen MR) is 206 cm³/mol. The number of carbonyl (C=O) groups is 1. The van der Waals surface area contributed by atoms with Crippen molar-refractivity contribution in [3.8, 4) is 0 Å². The molecule has 0 spiro atoms. The third-order valence-corrected chi connectivity index (χ3v) is 9.61. The second-order valence-corrected chi connectivity index (χ2v) is 15.0. The summed E-state index contributed by atoms with van der Waals surface area (Å²) < 4.78 is 33.2. The number of phosphoric ester groups is 1. The molecule has 3 N–H and O–H groups in total. The van der Waals surface area contributed by atoms with E-state index in [1.54, 1.807) is 0 Å². The zero-order chi connectivity index (χ0) is 35.9. The molecular weight excluding hydrogens is 637 g/mol. The van der Waals surface area contributed by atoms with E-state index in [2.05, 4.69) is 38.2 Å². The van der Waals surface area contributed by atoms with Crippen LogP contribution in [0.3, 0.4) is 0 Å². The average molecular weight is 716 g/mol. The molecular formula is C40H78NO7P. The van der Waals surface area contributed by atoms with E-state index >= 15 is 0 Å². The van der Waals surface area contributed by atoms with E-state index in [9.17, 15) is 14.3 Å². The first-order valence-corrected chi connectivity index (χ1v) is 21.8. The van der Waals surface area contributed by atoms with E-state index in [0.717, 1.165) is 38.5 Å². The number of hydrogen-bond donors (Lipinski definition) is 2. The minimum absolute atomic E-state index is 0.0943. The third-order valence-electron chi connectivity index (χ3n) is 8.62. The summed E-state index contributed by atoms with van der Waals surface area (Å²) in [4.78, 5) is 22.3. The number of carbonyl (C=O) groups excluding carboxylic acids is 1. The van der Waals surface area contributed by atoms with Gasteiger partial charge in [-0.15, -0.1) is 0 Å². The van der Waals surface area contributed by atoms with Crippen LogP contribution in [-0.4, -0.2) is 49.9 Å². The number of allylic oxidation sites excluding steroid dienone is 4. The monoisotopic (exact) mass is 716 g/mol. The van der Waals surface area contributed by atoms with Gasteiger partial charge in [0.25, 0.3) is 0 Å². The van der Waals surface area contributed by atoms with Crippen LogP contribution < -0.4 is 5.73 Å². The highest BCUT2D eigenvalue weighted by Gasteiger charge is 2.25. The third kappa shape index (κ3) is 38.1. The van der Waals surface area contributed by atoms with Gasteiger partial charge in [0.15, 0.2) is 0 Å². The first kappa shape index (κ1) is 48.0. The zero-order valence-electron chi connectivity index (χ0n) is 31.9. The lowest BCUT2D eigenvalue weighted by molar-refractivity contribution is -0.154. The Kier molecular flexibility index (Phi) is 37.4. The largest absolute Gasteiger partial charge is 0.472 e. The Morgan fingerprint density at radius 1 is 0.612 bits per heavy atom. The summed E-state index contributed by atoms with van der Waals surface area (Å²) >= 11 is 0. The minimum atomic E-state index is -4.26. The lowest BCUT2D eigenvalue weighted by atomic mass is 10.0. The van der Waals surface area contributed by atoms with Crippen molar-refractivity contribution in [1.82, 2.24) is 0 Å². The van der Waals surface area contributed by atoms with Crippen molar-refractivity contribution < 1.29 is 32.8 Å². The van der Waals surface area contributed by atoms with Gasteiger partial charge in [0.05, 0.1) is 19.8 Å². The molecule has 8 nitrogen and oxygen atoms in total. The van der Waals surface area contributed by atoms with E-state index in [1.807, 2.05) is 0 Å². The fourth-order valence-electron chi connectivity index (χ4n) is 5.61. The van der Waals surface area contributed by atoms with Crippen LogP contribution in [0.25, 0.3) is 0 Å². The lowest BCUT2D eigenvalue weighted by Crippen LogP contribution is -2.28. The molecule has 290 valence electrons. The maximum Gasteiger partial charge on any atom is 0.472 e. The first-order chi connectivity index (χ1) is 23.9. The number of phosphoric acid groups is 1. The number of rotatable bonds is 39. The maximum absolute atomic E-state index is 12.5. The fourth-order valence-corrected chi connectivity index (χ4v) is 6.38. The molecule has 2 unspecified atom stereocenters. The molecule has 0 aromatic carbocycles. The molecule has 0 amide bonds. The predicted octanol–water partition coefficient (Wildman–Crippen LogP) is 11.7. The normalized spacial score (nSPS) is 13.8. The summed E-state index contributed by atoms with van der Waals surface area (Å²) in [7, 11) is -4.26. The Morgan fingerprint density at radius 3 is 1.59 bits per heavy atom. The maximum atomic E-state index is 12.5. The Hall–Kier alpha value is -1.02. The highest BCUT2D eigenvalue weighted by Crippen LogP contribution is 2.43. The standard InChI is InChI=1S/C40H78NO7P/c1-3-5-7-9-11-12-13-14-15-16-17-18-19-20-21-22-23-24-25-26-27-29-31-33-40(42)48-39(38-47-49(43,44)46-36-34-41)37-45-35-32-30-28-10-8-6-4-2/h13-14,16-17,39H,3-12,15,18-38,41H2,1-2H3,(H,43,44)/b14-13-,17-16-. The highest BCUT2D eigenvalue weighted by molar-refractivity contribution is 7.47. The van der Waals surface area contributed by atoms with Gasteiger partial charge < -0.3 is 20.1 Å². The van der Waals surface area contributed by atoms with Crippen molar-refractivity contribution in [1.29, 1.82) is 0 Å². The van der Waals surface area contributed by atoms with Crippen LogP contribution in [0.1, 0.15) is 187 Å². The molecule has 0 aliphatic heterocycles. The molecule has 0 aromatic heterocycles. The van der Waals surface area contributed by atoms with Crippen LogP contribution in [-0.2, 0) is 27.9 Å². The van der Waals surface area contributed by atoms with Gasteiger partial charge in [0, 0.05) is 19.6 Å². The quantitative estimate of drug-likeness (QED) is 0.0279. The van der Waals surface area contributed by atoms with E-state index in [-0.39, 0.29) is 32.3 Å². The Bertz CT molecular complexity index is 807. The van der Waals surface area contributed by atoms with Gasteiger partial charge in [0.1, 0.15) is 6.10 Å². The van der Waals surface area contributed by atoms with Crippen LogP contribution >= 0.6 is 7.82 Å². The van der Waals surface area contributed by atoms with Gasteiger partial charge in [-0.2, -0.15) is 0 Å². The van der Waals surface area contributed by atoms with Crippen molar-refractivity contribution in [2.75, 3.05) is 33.0 Å². The Balaban J connectivity index is 3.88. The average Bonchev–Trinajstić information content (AvgIpc) is 3.09. The number of esters is 1. The topological polar surface area (TPSA) is 117 Å². The molecule has 49 heavy (non-hydrogen) atoms. The fraction of sp³-hybridized carbons (Fsp3) is 0.875. The van der Waals surface area contributed by atoms with E-state index in [4.69, 9.17) is 24.3 Å². The Morgan fingerprint density at radius 2 is 1.08 bits per heavy atom. The summed E-state index contributed by atoms with van der Waals surface area (Å²) in [5.74, 6) is -0.334. The number of nitrogens with two attached hydrogens (primary N) is 1. The molecule has 0 bridgehead atoms. The summed E-state index contributed by atoms with van der Waals surface area (Å²) in [5.41, 5.74) is 5.34. The number of unbranched alkanes of at least 4 members (excludes halogenated alkanes) is 22. The van der Waals surface area contributed by atoms with Crippen molar-refractivity contribution in [3.63, 3.8) is 0 Å². The molecule has 0 aromatic rings. The summed E-state index contributed by atoms with van der Waals surface area (Å²) in [6.07, 6.45) is 40.7. The molecule has 0 aliphatic rings. The number of ether oxygens (including phenoxy) is 2. The molecule has 0 aliphatic carbocycles. The number of hydrogen-bond acceptors (Lipinski definition) is 7. The highest BCUT2D eigenvalue weighted by atomic mass is 31.2. The van der Waals surface area contributed by atoms with Crippen LogP contribution in [0.2, 0.25) is 0 Å². The minimum Gasteiger partial charge on any atom is -0.457 e. The van der Waals surface area contributed by atoms with Gasteiger partial charge in [-0.1, -0.05) is 160 Å². The molecule has 0 heterocycles. The van der Waals surface area contributed by atoms with Gasteiger partial charge in [-0.3, -0.25) is 13.8 Å². The van der Waals surface area contributed by atoms with Crippen molar-refractivity contribution >= 4 is 13.8 Å². The van der Waals surface area contributed by atoms with E-state index < -0.39 is 13.9 Å². The van der Waals surface area contributed by atoms with Gasteiger partial charge in [-0.25, -0.2) is 4.57 Å². The van der Waals surface area contributed by atoms with Gasteiger partial charge in [0.2, 0.25) is 0 Å². The van der Waals surface area contributed by atoms with Crippen LogP contribution in [0.15, 0.2) is 24.3 Å². The molecule has 0 rings (SSSR count). The van der Waals surface area contributed by atoms with Gasteiger partial charge in [-0.05, 0) is 44.9 Å². The molecule has 2 atom stereocenters. The smallest absolute Gasteiger partial charge is 0.457 e. The SMILES string of the molecule is CCCCCCC/C=C\C/C=C\CCCCCCCCCCCCCC(=O)OC(COCCCCCCCCC)COP(=O)(O)OCCN. The van der Waals surface area contributed by atoms with Crippen LogP contribution in [0.4, 0.5) is 0 Å². The molecule has 9 heteroatoms. The molecule has 0 saturated heterocycles. The van der Waals surface area contributed by atoms with Crippen molar-refractivity contribution in [2.45, 2.75) is 193 Å². The second-order valence-electron chi connectivity index (χ2n) is 13.5. The van der Waals surface area contributed by atoms with Crippen LogP contribution in [0.5, 0.6) is 0 Å². The summed E-state index contributed by atoms with van der Waals surface area (Å²) in [6.45, 7) is 4.89. The Labute approximate surface area is 302 Å². The van der Waals surface area contributed by atoms with Crippen molar-refractivity contribution in [2.24, 2.45) is 5.73 Å². The van der Waals surface area contributed by atoms with Gasteiger partial charge >= 0.3 is 13.8 Å². The lowest BCUT2D eigenvalue weighted by Gasteiger charge is -2.20. The van der Waals surface area contributed by atoms with Crippen LogP contribution in [0, 0.1) is 0 Å². The molecule has 0 radical (unpaired) electrons. The van der Waals surface area contributed by atoms with E-state index in [1.165, 1.54) is 128 Å². The van der Waals surface area contributed by atoms with Crippen molar-refractivity contribution in [3.05, 3.63) is 24.3 Å². The summed E-state index contributed by atoms with van der Waals surface area (Å²) in [6, 6.07) is 0. The summed E-state index contributed by atoms with van der Waals surface area (Å²) in [5, 5.41) is 0. The van der Waals surface area contributed by atoms with E-state index in [0.29, 0.717) is 13.0 Å². The molecule has 0 fully saturated rings. The second kappa shape index (κ2) is 38.2. The molecule has 0 saturated carbocycles. The first-order valence-electron chi connectivity index (χ1n) is 20.3. The zero-order valence-corrected chi connectivity index (χ0v) is 32.8.